The van der Waals surface area contributed by atoms with Gasteiger partial charge in [0, 0.05) is 26.1 Å². The maximum Gasteiger partial charge on any atom is 0.143 e. The van der Waals surface area contributed by atoms with Gasteiger partial charge in [0.05, 0.1) is 11.5 Å². The summed E-state index contributed by atoms with van der Waals surface area (Å²) in [6, 6.07) is 0.480. The average molecular weight is 263 g/mol. The normalized spacial score (nSPS) is 55.8. The Bertz CT molecular complexity index is 436. The van der Waals surface area contributed by atoms with Crippen molar-refractivity contribution < 1.29 is 9.53 Å². The highest BCUT2D eigenvalue weighted by molar-refractivity contribution is 5.91. The van der Waals surface area contributed by atoms with E-state index in [4.69, 9.17) is 4.74 Å². The molecular formula is C16H25NO2. The summed E-state index contributed by atoms with van der Waals surface area (Å²) in [7, 11) is 1.81. The molecule has 1 aliphatic heterocycles. The van der Waals surface area contributed by atoms with Gasteiger partial charge in [-0.25, -0.2) is 0 Å². The number of nitrogens with zero attached hydrogens (tertiary/aromatic N) is 1. The fourth-order valence-electron chi connectivity index (χ4n) is 6.49. The van der Waals surface area contributed by atoms with Crippen molar-refractivity contribution in [2.75, 3.05) is 20.2 Å². The summed E-state index contributed by atoms with van der Waals surface area (Å²) in [5.74, 6) is 1.71. The van der Waals surface area contributed by atoms with Crippen LogP contribution in [-0.4, -0.2) is 43.0 Å². The van der Waals surface area contributed by atoms with E-state index in [0.717, 1.165) is 19.4 Å². The highest BCUT2D eigenvalue weighted by Crippen LogP contribution is 2.70. The number of rotatable bonds is 2. The molecule has 0 aromatic carbocycles. The molecule has 4 rings (SSSR count). The Kier molecular flexibility index (Phi) is 2.35. The summed E-state index contributed by atoms with van der Waals surface area (Å²) in [5, 5.41) is 0. The van der Waals surface area contributed by atoms with E-state index < -0.39 is 0 Å². The molecule has 1 heterocycles. The Morgan fingerprint density at radius 1 is 1.47 bits per heavy atom. The molecule has 4 fully saturated rings. The summed E-state index contributed by atoms with van der Waals surface area (Å²) in [4.78, 5) is 15.5. The molecule has 0 N–H and O–H groups in total. The fourth-order valence-corrected chi connectivity index (χ4v) is 6.49. The van der Waals surface area contributed by atoms with Crippen molar-refractivity contribution in [3.63, 3.8) is 0 Å². The lowest BCUT2D eigenvalue weighted by Crippen LogP contribution is -2.67. The standard InChI is InChI=1S/C16H25NO2/c1-4-17-9-15(2)6-5-13(19-3)16-11(15)7-10(14(16)17)8-12(16)18/h10-11,13-14H,4-9H2,1-3H3/t10-,11-,13?,14?,15+,16?/m1/s1. The van der Waals surface area contributed by atoms with Gasteiger partial charge in [0.1, 0.15) is 5.78 Å². The number of ether oxygens (including phenoxy) is 1. The number of hydrogen-bond acceptors (Lipinski definition) is 3. The van der Waals surface area contributed by atoms with Crippen LogP contribution in [0.1, 0.15) is 39.5 Å². The highest BCUT2D eigenvalue weighted by Gasteiger charge is 2.76. The molecular weight excluding hydrogens is 238 g/mol. The second-order valence-corrected chi connectivity index (χ2v) is 7.53. The van der Waals surface area contributed by atoms with Gasteiger partial charge in [0.25, 0.3) is 0 Å². The van der Waals surface area contributed by atoms with Gasteiger partial charge in [0.2, 0.25) is 0 Å². The van der Waals surface area contributed by atoms with Gasteiger partial charge < -0.3 is 4.74 Å². The summed E-state index contributed by atoms with van der Waals surface area (Å²) in [5.41, 5.74) is 0.188. The molecule has 19 heavy (non-hydrogen) atoms. The minimum atomic E-state index is -0.152. The average Bonchev–Trinajstić information content (AvgIpc) is 2.81. The zero-order valence-corrected chi connectivity index (χ0v) is 12.3. The molecule has 3 unspecified atom stereocenters. The van der Waals surface area contributed by atoms with E-state index >= 15 is 0 Å². The number of methoxy groups -OCH3 is 1. The van der Waals surface area contributed by atoms with Crippen LogP contribution in [0.3, 0.4) is 0 Å². The van der Waals surface area contributed by atoms with E-state index in [9.17, 15) is 4.79 Å². The minimum Gasteiger partial charge on any atom is -0.380 e. The summed E-state index contributed by atoms with van der Waals surface area (Å²) < 4.78 is 5.84. The summed E-state index contributed by atoms with van der Waals surface area (Å²) in [6.45, 7) is 6.95. The molecule has 0 radical (unpaired) electrons. The molecule has 5 bridgehead atoms. The lowest BCUT2D eigenvalue weighted by molar-refractivity contribution is -0.185. The summed E-state index contributed by atoms with van der Waals surface area (Å²) in [6.07, 6.45) is 4.55. The van der Waals surface area contributed by atoms with Crippen molar-refractivity contribution in [2.45, 2.75) is 51.7 Å². The third-order valence-corrected chi connectivity index (χ3v) is 6.98. The second-order valence-electron chi connectivity index (χ2n) is 7.53. The Morgan fingerprint density at radius 2 is 2.26 bits per heavy atom. The maximum atomic E-state index is 12.8. The van der Waals surface area contributed by atoms with Crippen LogP contribution in [0, 0.1) is 22.7 Å². The van der Waals surface area contributed by atoms with Crippen molar-refractivity contribution in [1.82, 2.24) is 4.90 Å². The Labute approximate surface area is 115 Å². The topological polar surface area (TPSA) is 29.5 Å². The van der Waals surface area contributed by atoms with Crippen LogP contribution in [0.2, 0.25) is 0 Å². The van der Waals surface area contributed by atoms with Crippen LogP contribution in [-0.2, 0) is 9.53 Å². The molecule has 3 heteroatoms. The van der Waals surface area contributed by atoms with Gasteiger partial charge >= 0.3 is 0 Å². The molecule has 1 saturated heterocycles. The molecule has 106 valence electrons. The van der Waals surface area contributed by atoms with Crippen LogP contribution in [0.5, 0.6) is 0 Å². The molecule has 3 aliphatic carbocycles. The molecule has 4 aliphatic rings. The van der Waals surface area contributed by atoms with Crippen LogP contribution in [0.15, 0.2) is 0 Å². The molecule has 0 amide bonds. The molecule has 1 spiro atoms. The molecule has 3 nitrogen and oxygen atoms in total. The predicted octanol–water partition coefficient (Wildman–Crippen LogP) is 2.10. The van der Waals surface area contributed by atoms with Crippen LogP contribution < -0.4 is 0 Å². The summed E-state index contributed by atoms with van der Waals surface area (Å²) >= 11 is 0. The van der Waals surface area contributed by atoms with E-state index in [1.54, 1.807) is 0 Å². The Balaban J connectivity index is 1.90. The fraction of sp³-hybridized carbons (Fsp3) is 0.938. The van der Waals surface area contributed by atoms with Crippen molar-refractivity contribution >= 4 is 5.78 Å². The van der Waals surface area contributed by atoms with Gasteiger partial charge in [-0.05, 0) is 43.1 Å². The zero-order valence-electron chi connectivity index (χ0n) is 12.3. The van der Waals surface area contributed by atoms with E-state index in [1.165, 1.54) is 19.4 Å². The van der Waals surface area contributed by atoms with Crippen LogP contribution >= 0.6 is 0 Å². The molecule has 0 aromatic rings. The highest BCUT2D eigenvalue weighted by atomic mass is 16.5. The first-order valence-electron chi connectivity index (χ1n) is 7.88. The van der Waals surface area contributed by atoms with Gasteiger partial charge in [-0.1, -0.05) is 13.8 Å². The van der Waals surface area contributed by atoms with Gasteiger partial charge in [-0.3, -0.25) is 9.69 Å². The van der Waals surface area contributed by atoms with Gasteiger partial charge in [-0.2, -0.15) is 0 Å². The number of likely N-dealkylation sites (tertiary alicyclic amines) is 1. The second kappa shape index (κ2) is 3.62. The van der Waals surface area contributed by atoms with Gasteiger partial charge in [0.15, 0.2) is 0 Å². The Morgan fingerprint density at radius 3 is 2.95 bits per heavy atom. The number of carbonyl (C=O) groups is 1. The van der Waals surface area contributed by atoms with E-state index in [2.05, 4.69) is 18.7 Å². The third-order valence-electron chi connectivity index (χ3n) is 6.98. The monoisotopic (exact) mass is 263 g/mol. The molecule has 0 aromatic heterocycles. The molecule has 6 atom stereocenters. The van der Waals surface area contributed by atoms with Crippen molar-refractivity contribution in [3.8, 4) is 0 Å². The van der Waals surface area contributed by atoms with Crippen molar-refractivity contribution in [1.29, 1.82) is 0 Å². The number of Topliss-reactive ketones (excluding diaryl/α,β-unsaturated/α-hetero) is 1. The van der Waals surface area contributed by atoms with Crippen molar-refractivity contribution in [2.24, 2.45) is 22.7 Å². The molecule has 3 saturated carbocycles. The smallest absolute Gasteiger partial charge is 0.143 e. The number of hydrogen-bond donors (Lipinski definition) is 0. The third kappa shape index (κ3) is 1.16. The zero-order chi connectivity index (χ0) is 13.4. The lowest BCUT2D eigenvalue weighted by Gasteiger charge is -2.61. The first-order chi connectivity index (χ1) is 9.07. The van der Waals surface area contributed by atoms with Crippen molar-refractivity contribution in [3.05, 3.63) is 0 Å². The van der Waals surface area contributed by atoms with E-state index in [1.807, 2.05) is 7.11 Å². The number of piperidine rings is 1. The quantitative estimate of drug-likeness (QED) is 0.764. The Hall–Kier alpha value is -0.410. The first-order valence-corrected chi connectivity index (χ1v) is 7.88. The SMILES string of the molecule is CCN1C[C@]2(C)CCC(OC)C34C(=O)C[C@@H](C[C@@H]32)C14. The first kappa shape index (κ1) is 12.3. The maximum absolute atomic E-state index is 12.8. The van der Waals surface area contributed by atoms with E-state index in [0.29, 0.717) is 29.1 Å². The lowest BCUT2D eigenvalue weighted by atomic mass is 9.50. The number of ketones is 1. The van der Waals surface area contributed by atoms with Gasteiger partial charge in [-0.15, -0.1) is 0 Å². The van der Waals surface area contributed by atoms with Crippen LogP contribution in [0.25, 0.3) is 0 Å². The number of carbonyl (C=O) groups excluding carboxylic acids is 1. The largest absolute Gasteiger partial charge is 0.380 e. The van der Waals surface area contributed by atoms with Crippen LogP contribution in [0.4, 0.5) is 0 Å². The van der Waals surface area contributed by atoms with E-state index in [-0.39, 0.29) is 11.5 Å². The predicted molar refractivity (Wildman–Crippen MR) is 72.8 cm³/mol. The minimum absolute atomic E-state index is 0.152.